The minimum absolute atomic E-state index is 0.0162. The second kappa shape index (κ2) is 10.2. The van der Waals surface area contributed by atoms with Crippen LogP contribution in [0.3, 0.4) is 0 Å². The molecule has 0 bridgehead atoms. The van der Waals surface area contributed by atoms with Gasteiger partial charge in [0.1, 0.15) is 0 Å². The molecule has 0 spiro atoms. The van der Waals surface area contributed by atoms with E-state index in [1.807, 2.05) is 0 Å². The standard InChI is InChI=1S/C24H21ClN2O6/c1-13-10-15(12-19(26-13)16-7-3-4-8-17(16)23(30)31)22(29)27-20(21(28)24(32)33)11-14-6-2-5-9-18(14)25/h2-10,12,20-21,28H,11H2,1H3,(H,27,29)(H,30,31)(H,32,33). The summed E-state index contributed by atoms with van der Waals surface area (Å²) < 4.78 is 0. The molecule has 0 aliphatic carbocycles. The molecule has 0 saturated heterocycles. The van der Waals surface area contributed by atoms with Crippen molar-refractivity contribution >= 4 is 29.4 Å². The Bertz CT molecular complexity index is 1210. The fourth-order valence-electron chi connectivity index (χ4n) is 3.40. The van der Waals surface area contributed by atoms with Crippen molar-refractivity contribution in [1.29, 1.82) is 0 Å². The number of carboxylic acids is 2. The highest BCUT2D eigenvalue weighted by Gasteiger charge is 2.29. The number of nitrogens with zero attached hydrogens (tertiary/aromatic N) is 1. The third-order valence-corrected chi connectivity index (χ3v) is 5.37. The Morgan fingerprint density at radius 3 is 2.36 bits per heavy atom. The zero-order valence-corrected chi connectivity index (χ0v) is 18.3. The number of nitrogens with one attached hydrogen (secondary N) is 1. The zero-order chi connectivity index (χ0) is 24.1. The predicted molar refractivity (Wildman–Crippen MR) is 121 cm³/mol. The number of aromatic carboxylic acids is 1. The van der Waals surface area contributed by atoms with Gasteiger partial charge in [-0.15, -0.1) is 0 Å². The molecular weight excluding hydrogens is 448 g/mol. The molecule has 33 heavy (non-hydrogen) atoms. The maximum Gasteiger partial charge on any atom is 0.336 e. The number of amides is 1. The average molecular weight is 469 g/mol. The van der Waals surface area contributed by atoms with E-state index in [-0.39, 0.29) is 23.2 Å². The summed E-state index contributed by atoms with van der Waals surface area (Å²) in [6.45, 7) is 1.65. The quantitative estimate of drug-likeness (QED) is 0.398. The lowest BCUT2D eigenvalue weighted by molar-refractivity contribution is -0.148. The van der Waals surface area contributed by atoms with Crippen molar-refractivity contribution in [2.24, 2.45) is 0 Å². The molecule has 0 aliphatic heterocycles. The molecule has 1 amide bonds. The van der Waals surface area contributed by atoms with E-state index in [0.717, 1.165) is 0 Å². The van der Waals surface area contributed by atoms with Gasteiger partial charge < -0.3 is 20.6 Å². The molecule has 0 aliphatic rings. The van der Waals surface area contributed by atoms with E-state index >= 15 is 0 Å². The van der Waals surface area contributed by atoms with E-state index < -0.39 is 30.0 Å². The van der Waals surface area contributed by atoms with E-state index in [1.165, 1.54) is 18.2 Å². The van der Waals surface area contributed by atoms with Crippen molar-refractivity contribution in [3.8, 4) is 11.3 Å². The molecule has 4 N–H and O–H groups in total. The van der Waals surface area contributed by atoms with E-state index in [2.05, 4.69) is 10.3 Å². The monoisotopic (exact) mass is 468 g/mol. The Balaban J connectivity index is 1.94. The molecule has 1 aromatic heterocycles. The van der Waals surface area contributed by atoms with Crippen LogP contribution in [0.5, 0.6) is 0 Å². The largest absolute Gasteiger partial charge is 0.479 e. The smallest absolute Gasteiger partial charge is 0.336 e. The fourth-order valence-corrected chi connectivity index (χ4v) is 3.61. The van der Waals surface area contributed by atoms with Gasteiger partial charge in [-0.1, -0.05) is 48.0 Å². The Morgan fingerprint density at radius 2 is 1.70 bits per heavy atom. The molecule has 2 unspecified atom stereocenters. The van der Waals surface area contributed by atoms with Crippen molar-refractivity contribution in [2.45, 2.75) is 25.5 Å². The van der Waals surface area contributed by atoms with Gasteiger partial charge in [-0.3, -0.25) is 9.78 Å². The van der Waals surface area contributed by atoms with E-state index in [0.29, 0.717) is 21.8 Å². The Labute approximate surface area is 194 Å². The summed E-state index contributed by atoms with van der Waals surface area (Å²) in [5.74, 6) is -3.27. The molecule has 170 valence electrons. The minimum atomic E-state index is -1.87. The summed E-state index contributed by atoms with van der Waals surface area (Å²) in [5, 5.41) is 31.9. The first-order valence-electron chi connectivity index (χ1n) is 9.94. The number of carboxylic acid groups (broad SMARTS) is 2. The number of carbonyl (C=O) groups excluding carboxylic acids is 1. The number of pyridine rings is 1. The molecule has 8 nitrogen and oxygen atoms in total. The number of aryl methyl sites for hydroxylation is 1. The molecule has 0 saturated carbocycles. The minimum Gasteiger partial charge on any atom is -0.479 e. The number of aliphatic hydroxyl groups is 1. The summed E-state index contributed by atoms with van der Waals surface area (Å²) in [6.07, 6.45) is -1.89. The lowest BCUT2D eigenvalue weighted by Crippen LogP contribution is -2.48. The molecular formula is C24H21ClN2O6. The Kier molecular flexibility index (Phi) is 7.42. The molecule has 2 atom stereocenters. The summed E-state index contributed by atoms with van der Waals surface area (Å²) in [5.41, 5.74) is 1.80. The van der Waals surface area contributed by atoms with Gasteiger partial charge in [0.25, 0.3) is 5.91 Å². The van der Waals surface area contributed by atoms with Crippen LogP contribution in [0.15, 0.2) is 60.7 Å². The highest BCUT2D eigenvalue weighted by atomic mass is 35.5. The van der Waals surface area contributed by atoms with E-state index in [4.69, 9.17) is 11.6 Å². The number of aliphatic hydroxyl groups excluding tert-OH is 1. The van der Waals surface area contributed by atoms with Crippen LogP contribution < -0.4 is 5.32 Å². The summed E-state index contributed by atoms with van der Waals surface area (Å²) in [6, 6.07) is 14.7. The average Bonchev–Trinajstić information content (AvgIpc) is 2.78. The van der Waals surface area contributed by atoms with Crippen LogP contribution in [0, 0.1) is 6.92 Å². The van der Waals surface area contributed by atoms with Gasteiger partial charge in [0.05, 0.1) is 17.3 Å². The van der Waals surface area contributed by atoms with E-state index in [1.54, 1.807) is 49.4 Å². The lowest BCUT2D eigenvalue weighted by atomic mass is 9.99. The van der Waals surface area contributed by atoms with Crippen molar-refractivity contribution in [3.05, 3.63) is 88.1 Å². The number of aromatic nitrogens is 1. The topological polar surface area (TPSA) is 137 Å². The van der Waals surface area contributed by atoms with Crippen molar-refractivity contribution in [3.63, 3.8) is 0 Å². The van der Waals surface area contributed by atoms with Crippen LogP contribution >= 0.6 is 11.6 Å². The molecule has 0 fully saturated rings. The Hall–Kier alpha value is -3.75. The van der Waals surface area contributed by atoms with Crippen LogP contribution in [-0.2, 0) is 11.2 Å². The van der Waals surface area contributed by atoms with Crippen LogP contribution in [0.4, 0.5) is 0 Å². The van der Waals surface area contributed by atoms with E-state index in [9.17, 15) is 29.7 Å². The number of aliphatic carboxylic acids is 1. The van der Waals surface area contributed by atoms with Crippen molar-refractivity contribution in [1.82, 2.24) is 10.3 Å². The fraction of sp³-hybridized carbons (Fsp3) is 0.167. The first-order valence-corrected chi connectivity index (χ1v) is 10.3. The number of hydrogen-bond donors (Lipinski definition) is 4. The maximum atomic E-state index is 13.0. The second-order valence-electron chi connectivity index (χ2n) is 7.39. The summed E-state index contributed by atoms with van der Waals surface area (Å²) in [7, 11) is 0. The summed E-state index contributed by atoms with van der Waals surface area (Å²) >= 11 is 6.16. The van der Waals surface area contributed by atoms with Gasteiger partial charge in [0.15, 0.2) is 6.10 Å². The molecule has 2 aromatic carbocycles. The maximum absolute atomic E-state index is 13.0. The number of benzene rings is 2. The SMILES string of the molecule is Cc1cc(C(=O)NC(Cc2ccccc2Cl)C(O)C(=O)O)cc(-c2ccccc2C(=O)O)n1. The molecule has 9 heteroatoms. The normalized spacial score (nSPS) is 12.6. The molecule has 3 aromatic rings. The van der Waals surface area contributed by atoms with Crippen molar-refractivity contribution < 1.29 is 29.7 Å². The molecule has 3 rings (SSSR count). The van der Waals surface area contributed by atoms with Crippen LogP contribution in [0.2, 0.25) is 5.02 Å². The first kappa shape index (κ1) is 23.9. The third kappa shape index (κ3) is 5.74. The van der Waals surface area contributed by atoms with Gasteiger partial charge in [-0.25, -0.2) is 9.59 Å². The van der Waals surface area contributed by atoms with Crippen LogP contribution in [-0.4, -0.2) is 50.3 Å². The van der Waals surface area contributed by atoms with Gasteiger partial charge in [0, 0.05) is 21.8 Å². The number of halogens is 1. The van der Waals surface area contributed by atoms with Gasteiger partial charge in [0.2, 0.25) is 0 Å². The number of hydrogen-bond acceptors (Lipinski definition) is 5. The lowest BCUT2D eigenvalue weighted by Gasteiger charge is -2.22. The zero-order valence-electron chi connectivity index (χ0n) is 17.5. The number of carbonyl (C=O) groups is 3. The Morgan fingerprint density at radius 1 is 1.03 bits per heavy atom. The highest BCUT2D eigenvalue weighted by molar-refractivity contribution is 6.31. The van der Waals surface area contributed by atoms with Crippen LogP contribution in [0.25, 0.3) is 11.3 Å². The molecule has 1 heterocycles. The highest BCUT2D eigenvalue weighted by Crippen LogP contribution is 2.24. The second-order valence-corrected chi connectivity index (χ2v) is 7.80. The van der Waals surface area contributed by atoms with Crippen LogP contribution in [0.1, 0.15) is 32.0 Å². The molecule has 0 radical (unpaired) electrons. The predicted octanol–water partition coefficient (Wildman–Crippen LogP) is 3.20. The van der Waals surface area contributed by atoms with Gasteiger partial charge >= 0.3 is 11.9 Å². The first-order chi connectivity index (χ1) is 15.7. The summed E-state index contributed by atoms with van der Waals surface area (Å²) in [4.78, 5) is 40.4. The number of rotatable bonds is 8. The van der Waals surface area contributed by atoms with Crippen molar-refractivity contribution in [2.75, 3.05) is 0 Å². The van der Waals surface area contributed by atoms with Gasteiger partial charge in [-0.2, -0.15) is 0 Å². The third-order valence-electron chi connectivity index (χ3n) is 5.00. The van der Waals surface area contributed by atoms with Gasteiger partial charge in [-0.05, 0) is 43.2 Å².